The normalized spacial score (nSPS) is 14.2. The highest BCUT2D eigenvalue weighted by molar-refractivity contribution is 8.27. The molecule has 0 spiro atoms. The van der Waals surface area contributed by atoms with Crippen molar-refractivity contribution in [1.29, 1.82) is 0 Å². The number of hydrogen-bond acceptors (Lipinski definition) is 9. The number of rotatable bonds is 7. The number of carbonyl (C=O) groups excluding carboxylic acids is 1. The summed E-state index contributed by atoms with van der Waals surface area (Å²) in [5, 5.41) is 23.2. The van der Waals surface area contributed by atoms with E-state index in [4.69, 9.17) is 44.9 Å². The number of benzene rings is 3. The lowest BCUT2D eigenvalue weighted by molar-refractivity contribution is -0.394. The van der Waals surface area contributed by atoms with Crippen molar-refractivity contribution in [1.82, 2.24) is 0 Å². The van der Waals surface area contributed by atoms with Crippen molar-refractivity contribution >= 4 is 80.5 Å². The molecule has 0 N–H and O–H groups in total. The third-order valence-corrected chi connectivity index (χ3v) is 7.07. The van der Waals surface area contributed by atoms with Crippen LogP contribution in [0.15, 0.2) is 59.5 Å². The first kappa shape index (κ1) is 26.4. The van der Waals surface area contributed by atoms with E-state index in [1.165, 1.54) is 24.2 Å². The van der Waals surface area contributed by atoms with Gasteiger partial charge in [0.1, 0.15) is 0 Å². The molecule has 1 saturated heterocycles. The summed E-state index contributed by atoms with van der Waals surface area (Å²) in [4.78, 5) is 35.9. The van der Waals surface area contributed by atoms with Crippen molar-refractivity contribution in [2.45, 2.75) is 0 Å². The second-order valence-electron chi connectivity index (χ2n) is 7.26. The second kappa shape index (κ2) is 10.7. The Kier molecular flexibility index (Phi) is 7.64. The molecule has 1 aliphatic heterocycles. The maximum Gasteiger partial charge on any atom is 0.318 e. The zero-order valence-corrected chi connectivity index (χ0v) is 21.7. The quantitative estimate of drug-likeness (QED) is 0.126. The van der Waals surface area contributed by atoms with Gasteiger partial charge < -0.3 is 9.47 Å². The molecule has 1 amide bonds. The first-order valence-electron chi connectivity index (χ1n) is 10.1. The summed E-state index contributed by atoms with van der Waals surface area (Å²) in [5.41, 5.74) is -0.298. The average molecular weight is 578 g/mol. The predicted octanol–water partition coefficient (Wildman–Crippen LogP) is 7.02. The molecule has 3 aromatic carbocycles. The van der Waals surface area contributed by atoms with Gasteiger partial charge in [-0.3, -0.25) is 29.9 Å². The van der Waals surface area contributed by atoms with Crippen molar-refractivity contribution in [3.05, 3.63) is 95.3 Å². The van der Waals surface area contributed by atoms with Crippen LogP contribution in [0.2, 0.25) is 10.0 Å². The molecule has 0 radical (unpaired) electrons. The number of non-ortho nitro benzene ring substituents is 1. The highest BCUT2D eigenvalue weighted by Gasteiger charge is 2.34. The van der Waals surface area contributed by atoms with Crippen LogP contribution in [0.4, 0.5) is 17.1 Å². The van der Waals surface area contributed by atoms with Crippen LogP contribution in [0.1, 0.15) is 5.56 Å². The number of nitro groups is 2. The van der Waals surface area contributed by atoms with Gasteiger partial charge in [-0.1, -0.05) is 59.3 Å². The molecule has 1 heterocycles. The molecule has 0 unspecified atom stereocenters. The van der Waals surface area contributed by atoms with Gasteiger partial charge >= 0.3 is 5.69 Å². The van der Waals surface area contributed by atoms with Crippen LogP contribution in [0, 0.1) is 20.2 Å². The van der Waals surface area contributed by atoms with E-state index in [1.54, 1.807) is 30.3 Å². The van der Waals surface area contributed by atoms with Crippen LogP contribution >= 0.6 is 47.2 Å². The van der Waals surface area contributed by atoms with E-state index in [2.05, 4.69) is 0 Å². The smallest absolute Gasteiger partial charge is 0.318 e. The molecular weight excluding hydrogens is 565 g/mol. The number of thiocarbonyl (C=S) groups is 1. The standard InChI is InChI=1S/C23H13Cl2N3O7S2/c1-34-19-4-2-3-12(21(19)35-18-8-6-14(27(30)31)11-17(18)28(32)33)9-20-22(29)26(23(36)37-20)13-5-7-15(24)16(25)10-13/h2-11H,1H3/b20-9-. The van der Waals surface area contributed by atoms with Crippen LogP contribution in [0.25, 0.3) is 6.08 Å². The van der Waals surface area contributed by atoms with Crippen LogP contribution in [-0.2, 0) is 4.79 Å². The molecule has 0 bridgehead atoms. The molecule has 4 rings (SSSR count). The lowest BCUT2D eigenvalue weighted by Gasteiger charge is -2.15. The van der Waals surface area contributed by atoms with Crippen molar-refractivity contribution in [3.8, 4) is 17.2 Å². The van der Waals surface area contributed by atoms with Gasteiger partial charge in [0, 0.05) is 11.6 Å². The van der Waals surface area contributed by atoms with Gasteiger partial charge in [-0.2, -0.15) is 0 Å². The van der Waals surface area contributed by atoms with E-state index >= 15 is 0 Å². The highest BCUT2D eigenvalue weighted by atomic mass is 35.5. The van der Waals surface area contributed by atoms with Crippen LogP contribution in [0.3, 0.4) is 0 Å². The van der Waals surface area contributed by atoms with E-state index in [9.17, 15) is 25.0 Å². The molecule has 1 fully saturated rings. The number of nitro benzene ring substituents is 2. The molecule has 10 nitrogen and oxygen atoms in total. The monoisotopic (exact) mass is 577 g/mol. The minimum atomic E-state index is -0.792. The van der Waals surface area contributed by atoms with E-state index in [-0.39, 0.29) is 31.5 Å². The Balaban J connectivity index is 1.75. The molecular formula is C23H13Cl2N3O7S2. The maximum atomic E-state index is 13.2. The number of halogens is 2. The van der Waals surface area contributed by atoms with Crippen molar-refractivity contribution in [2.24, 2.45) is 0 Å². The summed E-state index contributed by atoms with van der Waals surface area (Å²) in [6, 6.07) is 12.5. The fraction of sp³-hybridized carbons (Fsp3) is 0.0435. The zero-order valence-electron chi connectivity index (χ0n) is 18.5. The minimum Gasteiger partial charge on any atom is -0.493 e. The fourth-order valence-corrected chi connectivity index (χ4v) is 4.91. The van der Waals surface area contributed by atoms with Gasteiger partial charge in [0.25, 0.3) is 11.6 Å². The first-order valence-corrected chi connectivity index (χ1v) is 12.1. The Labute approximate surface area is 228 Å². The number of nitrogens with zero attached hydrogens (tertiary/aromatic N) is 3. The topological polar surface area (TPSA) is 125 Å². The largest absolute Gasteiger partial charge is 0.493 e. The summed E-state index contributed by atoms with van der Waals surface area (Å²) in [6.45, 7) is 0. The molecule has 188 valence electrons. The second-order valence-corrected chi connectivity index (χ2v) is 9.75. The van der Waals surface area contributed by atoms with Crippen LogP contribution in [-0.4, -0.2) is 27.2 Å². The summed E-state index contributed by atoms with van der Waals surface area (Å²) in [6.07, 6.45) is 1.51. The number of anilines is 1. The molecule has 1 aliphatic rings. The fourth-order valence-electron chi connectivity index (χ4n) is 3.33. The van der Waals surface area contributed by atoms with Crippen molar-refractivity contribution in [2.75, 3.05) is 12.0 Å². The predicted molar refractivity (Wildman–Crippen MR) is 145 cm³/mol. The highest BCUT2D eigenvalue weighted by Crippen LogP contribution is 2.43. The van der Waals surface area contributed by atoms with Gasteiger partial charge in [-0.25, -0.2) is 0 Å². The van der Waals surface area contributed by atoms with Crippen molar-refractivity contribution < 1.29 is 24.1 Å². The molecule has 0 aliphatic carbocycles. The lowest BCUT2D eigenvalue weighted by atomic mass is 10.1. The average Bonchev–Trinajstić information content (AvgIpc) is 3.14. The Bertz CT molecular complexity index is 1510. The van der Waals surface area contributed by atoms with Crippen LogP contribution < -0.4 is 14.4 Å². The van der Waals surface area contributed by atoms with E-state index in [1.807, 2.05) is 0 Å². The zero-order chi connectivity index (χ0) is 26.9. The molecule has 0 atom stereocenters. The summed E-state index contributed by atoms with van der Waals surface area (Å²) < 4.78 is 11.5. The molecule has 3 aromatic rings. The molecule has 14 heteroatoms. The number of carbonyl (C=O) groups is 1. The molecule has 0 saturated carbocycles. The van der Waals surface area contributed by atoms with Gasteiger partial charge in [-0.15, -0.1) is 0 Å². The summed E-state index contributed by atoms with van der Waals surface area (Å²) in [7, 11) is 1.37. The first-order chi connectivity index (χ1) is 17.6. The van der Waals surface area contributed by atoms with Gasteiger partial charge in [0.2, 0.25) is 5.75 Å². The summed E-state index contributed by atoms with van der Waals surface area (Å²) >= 11 is 18.5. The third-order valence-electron chi connectivity index (χ3n) is 5.03. The summed E-state index contributed by atoms with van der Waals surface area (Å²) in [5.74, 6) is -0.412. The van der Waals surface area contributed by atoms with Crippen LogP contribution in [0.5, 0.6) is 17.2 Å². The SMILES string of the molecule is COc1cccc(/C=C2\SC(=S)N(c3ccc(Cl)c(Cl)c3)C2=O)c1Oc1ccc([N+](=O)[O-])cc1[N+](=O)[O-]. The number of amides is 1. The van der Waals surface area contributed by atoms with E-state index in [0.717, 1.165) is 30.0 Å². The molecule has 37 heavy (non-hydrogen) atoms. The number of hydrogen-bond donors (Lipinski definition) is 0. The minimum absolute atomic E-state index is 0.0572. The number of thioether (sulfide) groups is 1. The Hall–Kier alpha value is -3.71. The number of para-hydroxylation sites is 1. The Morgan fingerprint density at radius 1 is 1.00 bits per heavy atom. The Morgan fingerprint density at radius 2 is 1.76 bits per heavy atom. The number of ether oxygens (including phenoxy) is 2. The van der Waals surface area contributed by atoms with E-state index < -0.39 is 27.1 Å². The van der Waals surface area contributed by atoms with Gasteiger partial charge in [0.15, 0.2) is 15.8 Å². The molecule has 0 aromatic heterocycles. The number of methoxy groups -OCH3 is 1. The Morgan fingerprint density at radius 3 is 2.41 bits per heavy atom. The van der Waals surface area contributed by atoms with Crippen molar-refractivity contribution in [3.63, 3.8) is 0 Å². The van der Waals surface area contributed by atoms with E-state index in [0.29, 0.717) is 16.3 Å². The third kappa shape index (κ3) is 5.37. The maximum absolute atomic E-state index is 13.2. The van der Waals surface area contributed by atoms with Gasteiger partial charge in [0.05, 0.1) is 43.7 Å². The van der Waals surface area contributed by atoms with Gasteiger partial charge in [-0.05, 0) is 36.4 Å². The lowest BCUT2D eigenvalue weighted by Crippen LogP contribution is -2.27.